The van der Waals surface area contributed by atoms with Gasteiger partial charge < -0.3 is 9.47 Å². The number of ether oxygens (including phenoxy) is 2. The number of anilines is 1. The summed E-state index contributed by atoms with van der Waals surface area (Å²) in [5.41, 5.74) is 0.0953. The number of esters is 1. The zero-order chi connectivity index (χ0) is 21.0. The molecule has 156 valence electrons. The molecular formula is C18H19F3N4O4. The van der Waals surface area contributed by atoms with Crippen molar-refractivity contribution in [3.8, 4) is 5.75 Å². The van der Waals surface area contributed by atoms with Crippen LogP contribution in [-0.2, 0) is 22.8 Å². The quantitative estimate of drug-likeness (QED) is 0.599. The van der Waals surface area contributed by atoms with Gasteiger partial charge in [-0.25, -0.2) is 4.68 Å². The molecule has 0 aliphatic carbocycles. The first kappa shape index (κ1) is 20.8. The first-order valence-corrected chi connectivity index (χ1v) is 8.90. The Morgan fingerprint density at radius 2 is 2.03 bits per heavy atom. The Bertz CT molecular complexity index is 891. The lowest BCUT2D eigenvalue weighted by Gasteiger charge is -2.20. The average molecular weight is 412 g/mol. The van der Waals surface area contributed by atoms with E-state index in [1.165, 1.54) is 31.3 Å². The van der Waals surface area contributed by atoms with Crippen molar-refractivity contribution in [1.82, 2.24) is 14.8 Å². The number of amides is 1. The molecule has 0 atom stereocenters. The number of carbonyl (C=O) groups excluding carboxylic acids is 2. The van der Waals surface area contributed by atoms with Crippen LogP contribution in [0.4, 0.5) is 19.1 Å². The van der Waals surface area contributed by atoms with E-state index in [0.717, 1.165) is 17.5 Å². The molecule has 0 unspecified atom stereocenters. The molecule has 2 heterocycles. The number of alkyl halides is 3. The smallest absolute Gasteiger partial charge is 0.426 e. The predicted molar refractivity (Wildman–Crippen MR) is 94.2 cm³/mol. The van der Waals surface area contributed by atoms with Gasteiger partial charge in [-0.2, -0.15) is 18.2 Å². The van der Waals surface area contributed by atoms with E-state index in [2.05, 4.69) is 15.4 Å². The highest BCUT2D eigenvalue weighted by Crippen LogP contribution is 2.27. The van der Waals surface area contributed by atoms with Crippen LogP contribution in [0.25, 0.3) is 0 Å². The van der Waals surface area contributed by atoms with Crippen LogP contribution < -0.4 is 10.1 Å². The van der Waals surface area contributed by atoms with E-state index in [-0.39, 0.29) is 29.6 Å². The van der Waals surface area contributed by atoms with E-state index in [1.54, 1.807) is 0 Å². The Kier molecular flexibility index (Phi) is 6.16. The largest absolute Gasteiger partial charge is 0.453 e. The van der Waals surface area contributed by atoms with Crippen LogP contribution in [-0.4, -0.2) is 39.9 Å². The number of carbonyl (C=O) groups is 2. The summed E-state index contributed by atoms with van der Waals surface area (Å²) >= 11 is 0. The summed E-state index contributed by atoms with van der Waals surface area (Å²) in [6.07, 6.45) is -2.90. The first-order chi connectivity index (χ1) is 13.7. The van der Waals surface area contributed by atoms with Gasteiger partial charge in [0.15, 0.2) is 0 Å². The fourth-order valence-electron chi connectivity index (χ4n) is 2.85. The van der Waals surface area contributed by atoms with Crippen LogP contribution in [0.15, 0.2) is 24.3 Å². The molecule has 1 aromatic carbocycles. The molecule has 1 N–H and O–H groups in total. The minimum absolute atomic E-state index is 0.0953. The van der Waals surface area contributed by atoms with Crippen LogP contribution in [0.3, 0.4) is 0 Å². The number of aromatic nitrogens is 3. The van der Waals surface area contributed by atoms with Crippen LogP contribution in [0.2, 0.25) is 0 Å². The number of nitrogens with one attached hydrogen (secondary N) is 1. The fourth-order valence-corrected chi connectivity index (χ4v) is 2.85. The molecule has 0 spiro atoms. The molecule has 1 fully saturated rings. The van der Waals surface area contributed by atoms with Gasteiger partial charge in [-0.3, -0.25) is 14.9 Å². The molecular weight excluding hydrogens is 393 g/mol. The number of benzene rings is 1. The van der Waals surface area contributed by atoms with Gasteiger partial charge in [-0.1, -0.05) is 6.07 Å². The van der Waals surface area contributed by atoms with Gasteiger partial charge >= 0.3 is 12.1 Å². The summed E-state index contributed by atoms with van der Waals surface area (Å²) in [6, 6.07) is 5.79. The first-order valence-electron chi connectivity index (χ1n) is 8.90. The molecule has 1 aromatic heterocycles. The zero-order valence-electron chi connectivity index (χ0n) is 15.5. The normalized spacial score (nSPS) is 15.2. The van der Waals surface area contributed by atoms with Crippen molar-refractivity contribution < 1.29 is 32.2 Å². The summed E-state index contributed by atoms with van der Waals surface area (Å²) in [4.78, 5) is 27.7. The maximum absolute atomic E-state index is 12.7. The molecule has 0 radical (unpaired) electrons. The Morgan fingerprint density at radius 1 is 1.31 bits per heavy atom. The Labute approximate surface area is 164 Å². The number of halogens is 3. The second-order valence-electron chi connectivity index (χ2n) is 6.60. The van der Waals surface area contributed by atoms with E-state index in [1.807, 2.05) is 0 Å². The van der Waals surface area contributed by atoms with Gasteiger partial charge in [0, 0.05) is 32.2 Å². The third kappa shape index (κ3) is 5.53. The molecule has 11 heteroatoms. The van der Waals surface area contributed by atoms with Crippen molar-refractivity contribution in [1.29, 1.82) is 0 Å². The van der Waals surface area contributed by atoms with Gasteiger partial charge in [0.2, 0.25) is 5.95 Å². The molecule has 0 bridgehead atoms. The van der Waals surface area contributed by atoms with Crippen molar-refractivity contribution in [2.75, 3.05) is 18.5 Å². The summed E-state index contributed by atoms with van der Waals surface area (Å²) in [5, 5.41) is 5.49. The SMILES string of the molecule is Cn1nc(C(F)(F)F)nc1NC(=O)c1cccc(OC(=O)CC2CCOCC2)c1. The summed E-state index contributed by atoms with van der Waals surface area (Å²) in [7, 11) is 1.23. The maximum atomic E-state index is 12.7. The monoisotopic (exact) mass is 412 g/mol. The van der Waals surface area contributed by atoms with E-state index >= 15 is 0 Å². The van der Waals surface area contributed by atoms with E-state index < -0.39 is 23.9 Å². The standard InChI is InChI=1S/C18H19F3N4O4/c1-25-17(23-16(24-25)18(19,20)21)22-15(27)12-3-2-4-13(10-12)29-14(26)9-11-5-7-28-8-6-11/h2-4,10-11H,5-9H2,1H3,(H,22,23,24,27). The fraction of sp³-hybridized carbons (Fsp3) is 0.444. The lowest BCUT2D eigenvalue weighted by molar-refractivity contribution is -0.145. The van der Waals surface area contributed by atoms with Gasteiger partial charge in [0.05, 0.1) is 0 Å². The molecule has 1 aliphatic rings. The number of hydrogen-bond donors (Lipinski definition) is 1. The van der Waals surface area contributed by atoms with E-state index in [4.69, 9.17) is 9.47 Å². The molecule has 1 saturated heterocycles. The van der Waals surface area contributed by atoms with E-state index in [0.29, 0.717) is 13.2 Å². The van der Waals surface area contributed by atoms with Crippen LogP contribution >= 0.6 is 0 Å². The highest BCUT2D eigenvalue weighted by Gasteiger charge is 2.37. The second kappa shape index (κ2) is 8.60. The van der Waals surface area contributed by atoms with Gasteiger partial charge in [0.25, 0.3) is 11.7 Å². The number of aryl methyl sites for hydroxylation is 1. The topological polar surface area (TPSA) is 95.3 Å². The molecule has 0 saturated carbocycles. The molecule has 3 rings (SSSR count). The number of nitrogens with zero attached hydrogens (tertiary/aromatic N) is 3. The van der Waals surface area contributed by atoms with Crippen molar-refractivity contribution in [2.24, 2.45) is 13.0 Å². The van der Waals surface area contributed by atoms with Gasteiger partial charge in [-0.05, 0) is 37.0 Å². The Hall–Kier alpha value is -2.95. The average Bonchev–Trinajstić information content (AvgIpc) is 3.03. The summed E-state index contributed by atoms with van der Waals surface area (Å²) in [5.74, 6) is -2.48. The van der Waals surface area contributed by atoms with Crippen molar-refractivity contribution in [3.05, 3.63) is 35.7 Å². The molecule has 1 aliphatic heterocycles. The molecule has 29 heavy (non-hydrogen) atoms. The van der Waals surface area contributed by atoms with Crippen molar-refractivity contribution in [3.63, 3.8) is 0 Å². The lowest BCUT2D eigenvalue weighted by Crippen LogP contribution is -2.21. The molecule has 8 nitrogen and oxygen atoms in total. The number of hydrogen-bond acceptors (Lipinski definition) is 6. The minimum Gasteiger partial charge on any atom is -0.426 e. The van der Waals surface area contributed by atoms with E-state index in [9.17, 15) is 22.8 Å². The Balaban J connectivity index is 1.63. The lowest BCUT2D eigenvalue weighted by atomic mass is 9.97. The molecule has 1 amide bonds. The minimum atomic E-state index is -4.72. The number of rotatable bonds is 5. The van der Waals surface area contributed by atoms with Gasteiger partial charge in [-0.15, -0.1) is 5.10 Å². The summed E-state index contributed by atoms with van der Waals surface area (Å²) in [6.45, 7) is 1.23. The van der Waals surface area contributed by atoms with Crippen LogP contribution in [0, 0.1) is 5.92 Å². The molecule has 2 aromatic rings. The van der Waals surface area contributed by atoms with Crippen molar-refractivity contribution in [2.45, 2.75) is 25.4 Å². The zero-order valence-corrected chi connectivity index (χ0v) is 15.5. The summed E-state index contributed by atoms with van der Waals surface area (Å²) < 4.78 is 49.4. The highest BCUT2D eigenvalue weighted by molar-refractivity contribution is 6.03. The predicted octanol–water partition coefficient (Wildman–Crippen LogP) is 2.81. The van der Waals surface area contributed by atoms with Crippen LogP contribution in [0.5, 0.6) is 5.75 Å². The van der Waals surface area contributed by atoms with Gasteiger partial charge in [0.1, 0.15) is 5.75 Å². The van der Waals surface area contributed by atoms with Crippen molar-refractivity contribution >= 4 is 17.8 Å². The third-order valence-corrected chi connectivity index (χ3v) is 4.37. The maximum Gasteiger partial charge on any atom is 0.453 e. The highest BCUT2D eigenvalue weighted by atomic mass is 19.4. The Morgan fingerprint density at radius 3 is 2.69 bits per heavy atom. The van der Waals surface area contributed by atoms with Crippen LogP contribution in [0.1, 0.15) is 35.4 Å². The third-order valence-electron chi connectivity index (χ3n) is 4.37. The second-order valence-corrected chi connectivity index (χ2v) is 6.60.